The summed E-state index contributed by atoms with van der Waals surface area (Å²) in [4.78, 5) is 36.2. The molecule has 0 radical (unpaired) electrons. The third kappa shape index (κ3) is 3.17. The number of carbonyl (C=O) groups is 3. The van der Waals surface area contributed by atoms with Gasteiger partial charge in [-0.15, -0.1) is 0 Å². The lowest BCUT2D eigenvalue weighted by atomic mass is 10.2. The van der Waals surface area contributed by atoms with Crippen molar-refractivity contribution < 1.29 is 14.4 Å². The van der Waals surface area contributed by atoms with Gasteiger partial charge in [-0.05, 0) is 19.1 Å². The fourth-order valence-corrected chi connectivity index (χ4v) is 1.81. The molecule has 0 aromatic heterocycles. The first-order valence-corrected chi connectivity index (χ1v) is 6.00. The second-order valence-corrected chi connectivity index (χ2v) is 4.33. The molecular weight excluding hydrogens is 246 g/mol. The minimum Gasteiger partial charge on any atom is -0.325 e. The molecule has 1 unspecified atom stereocenters. The molecule has 0 saturated carbocycles. The molecule has 2 N–H and O–H groups in total. The Kier molecular flexibility index (Phi) is 3.91. The Morgan fingerprint density at radius 1 is 1.37 bits per heavy atom. The Labute approximate surface area is 110 Å². The zero-order chi connectivity index (χ0) is 13.8. The van der Waals surface area contributed by atoms with E-state index in [9.17, 15) is 14.4 Å². The van der Waals surface area contributed by atoms with E-state index in [1.54, 1.807) is 31.2 Å². The van der Waals surface area contributed by atoms with Crippen molar-refractivity contribution in [3.8, 4) is 0 Å². The van der Waals surface area contributed by atoms with Gasteiger partial charge in [0.25, 0.3) is 0 Å². The van der Waals surface area contributed by atoms with Gasteiger partial charge in [-0.1, -0.05) is 18.2 Å². The van der Waals surface area contributed by atoms with Gasteiger partial charge >= 0.3 is 0 Å². The summed E-state index contributed by atoms with van der Waals surface area (Å²) in [5.74, 6) is -1.15. The Morgan fingerprint density at radius 2 is 2.05 bits per heavy atom. The van der Waals surface area contributed by atoms with Crippen LogP contribution in [0.15, 0.2) is 30.3 Å². The number of nitrogens with zero attached hydrogens (tertiary/aromatic N) is 1. The van der Waals surface area contributed by atoms with Crippen LogP contribution in [0.2, 0.25) is 0 Å². The molecule has 1 saturated heterocycles. The molecule has 1 fully saturated rings. The van der Waals surface area contributed by atoms with E-state index >= 15 is 0 Å². The molecular formula is C13H15N3O3. The predicted molar refractivity (Wildman–Crippen MR) is 69.3 cm³/mol. The van der Waals surface area contributed by atoms with E-state index in [1.165, 1.54) is 0 Å². The van der Waals surface area contributed by atoms with Crippen LogP contribution in [0.5, 0.6) is 0 Å². The molecule has 6 heteroatoms. The monoisotopic (exact) mass is 261 g/mol. The average Bonchev–Trinajstić information content (AvgIpc) is 2.40. The molecule has 1 aliphatic heterocycles. The van der Waals surface area contributed by atoms with Gasteiger partial charge < -0.3 is 5.32 Å². The molecule has 1 aromatic rings. The van der Waals surface area contributed by atoms with Crippen LogP contribution in [0.3, 0.4) is 0 Å². The third-order valence-electron chi connectivity index (χ3n) is 2.86. The van der Waals surface area contributed by atoms with E-state index < -0.39 is 6.04 Å². The summed E-state index contributed by atoms with van der Waals surface area (Å²) in [6.45, 7) is 1.49. The lowest BCUT2D eigenvalue weighted by molar-refractivity contribution is -0.150. The smallest absolute Gasteiger partial charge is 0.246 e. The van der Waals surface area contributed by atoms with Crippen molar-refractivity contribution in [3.63, 3.8) is 0 Å². The Balaban J connectivity index is 1.98. The van der Waals surface area contributed by atoms with E-state index in [1.807, 2.05) is 6.07 Å². The maximum atomic E-state index is 11.8. The van der Waals surface area contributed by atoms with Gasteiger partial charge in [-0.25, -0.2) is 0 Å². The van der Waals surface area contributed by atoms with Crippen LogP contribution in [0.4, 0.5) is 5.69 Å². The normalized spacial score (nSPS) is 19.4. The number of hydrogen-bond donors (Lipinski definition) is 2. The summed E-state index contributed by atoms with van der Waals surface area (Å²) < 4.78 is 0. The van der Waals surface area contributed by atoms with Crippen LogP contribution in [0.1, 0.15) is 6.92 Å². The van der Waals surface area contributed by atoms with E-state index in [0.29, 0.717) is 5.69 Å². The van der Waals surface area contributed by atoms with Crippen LogP contribution in [0.25, 0.3) is 0 Å². The van der Waals surface area contributed by atoms with Crippen molar-refractivity contribution in [3.05, 3.63) is 30.3 Å². The minimum absolute atomic E-state index is 0.0749. The fourth-order valence-electron chi connectivity index (χ4n) is 1.81. The molecule has 1 aromatic carbocycles. The predicted octanol–water partition coefficient (Wildman–Crippen LogP) is -0.0280. The standard InChI is InChI=1S/C13H15N3O3/c1-9-13(19)16(12(18)7-14-9)8-11(17)15-10-5-3-2-4-6-10/h2-6,9,14H,7-8H2,1H3,(H,15,17). The number of carbonyl (C=O) groups excluding carboxylic acids is 3. The first-order valence-electron chi connectivity index (χ1n) is 6.00. The topological polar surface area (TPSA) is 78.5 Å². The number of rotatable bonds is 3. The Bertz CT molecular complexity index is 501. The summed E-state index contributed by atoms with van der Waals surface area (Å²) in [6, 6.07) is 8.45. The molecule has 0 bridgehead atoms. The van der Waals surface area contributed by atoms with Crippen LogP contribution >= 0.6 is 0 Å². The second-order valence-electron chi connectivity index (χ2n) is 4.33. The van der Waals surface area contributed by atoms with Crippen molar-refractivity contribution in [2.75, 3.05) is 18.4 Å². The van der Waals surface area contributed by atoms with Crippen molar-refractivity contribution in [2.24, 2.45) is 0 Å². The van der Waals surface area contributed by atoms with Gasteiger partial charge in [0.15, 0.2) is 0 Å². The Morgan fingerprint density at radius 3 is 2.74 bits per heavy atom. The molecule has 100 valence electrons. The van der Waals surface area contributed by atoms with Crippen LogP contribution < -0.4 is 10.6 Å². The minimum atomic E-state index is -0.442. The van der Waals surface area contributed by atoms with E-state index in [4.69, 9.17) is 0 Å². The molecule has 3 amide bonds. The van der Waals surface area contributed by atoms with Gasteiger partial charge in [-0.3, -0.25) is 24.6 Å². The average molecular weight is 261 g/mol. The van der Waals surface area contributed by atoms with Gasteiger partial charge in [-0.2, -0.15) is 0 Å². The van der Waals surface area contributed by atoms with E-state index in [0.717, 1.165) is 4.90 Å². The summed E-state index contributed by atoms with van der Waals surface area (Å²) in [7, 11) is 0. The SMILES string of the molecule is CC1NCC(=O)N(CC(=O)Nc2ccccc2)C1=O. The number of benzene rings is 1. The third-order valence-corrected chi connectivity index (χ3v) is 2.86. The van der Waals surface area contributed by atoms with Crippen LogP contribution in [-0.4, -0.2) is 41.8 Å². The summed E-state index contributed by atoms with van der Waals surface area (Å²) in [5, 5.41) is 5.40. The molecule has 0 aliphatic carbocycles. The molecule has 1 atom stereocenters. The fraction of sp³-hybridized carbons (Fsp3) is 0.308. The zero-order valence-corrected chi connectivity index (χ0v) is 10.6. The van der Waals surface area contributed by atoms with Crippen molar-refractivity contribution in [1.82, 2.24) is 10.2 Å². The first-order chi connectivity index (χ1) is 9.08. The highest BCUT2D eigenvalue weighted by Gasteiger charge is 2.32. The van der Waals surface area contributed by atoms with Crippen LogP contribution in [-0.2, 0) is 14.4 Å². The Hall–Kier alpha value is -2.21. The van der Waals surface area contributed by atoms with Crippen molar-refractivity contribution in [2.45, 2.75) is 13.0 Å². The van der Waals surface area contributed by atoms with Crippen molar-refractivity contribution in [1.29, 1.82) is 0 Å². The number of para-hydroxylation sites is 1. The maximum Gasteiger partial charge on any atom is 0.246 e. The van der Waals surface area contributed by atoms with Gasteiger partial charge in [0.2, 0.25) is 17.7 Å². The maximum absolute atomic E-state index is 11.8. The molecule has 0 spiro atoms. The van der Waals surface area contributed by atoms with Gasteiger partial charge in [0.05, 0.1) is 12.6 Å². The highest BCUT2D eigenvalue weighted by atomic mass is 16.2. The lowest BCUT2D eigenvalue weighted by Crippen LogP contribution is -2.58. The number of amides is 3. The second kappa shape index (κ2) is 5.62. The highest BCUT2D eigenvalue weighted by Crippen LogP contribution is 2.06. The molecule has 6 nitrogen and oxygen atoms in total. The molecule has 1 heterocycles. The van der Waals surface area contributed by atoms with Gasteiger partial charge in [0.1, 0.15) is 6.54 Å². The van der Waals surface area contributed by atoms with Gasteiger partial charge in [0, 0.05) is 5.69 Å². The number of nitrogens with one attached hydrogen (secondary N) is 2. The van der Waals surface area contributed by atoms with E-state index in [2.05, 4.69) is 10.6 Å². The molecule has 1 aliphatic rings. The summed E-state index contributed by atoms with van der Waals surface area (Å²) >= 11 is 0. The highest BCUT2D eigenvalue weighted by molar-refractivity contribution is 6.05. The van der Waals surface area contributed by atoms with E-state index in [-0.39, 0.29) is 30.8 Å². The number of piperazine rings is 1. The number of hydrogen-bond acceptors (Lipinski definition) is 4. The summed E-state index contributed by atoms with van der Waals surface area (Å²) in [6.07, 6.45) is 0. The number of anilines is 1. The first kappa shape index (κ1) is 13.2. The molecule has 2 rings (SSSR count). The lowest BCUT2D eigenvalue weighted by Gasteiger charge is -2.29. The van der Waals surface area contributed by atoms with Crippen molar-refractivity contribution >= 4 is 23.4 Å². The molecule has 19 heavy (non-hydrogen) atoms. The zero-order valence-electron chi connectivity index (χ0n) is 10.6. The quantitative estimate of drug-likeness (QED) is 0.749. The largest absolute Gasteiger partial charge is 0.325 e. The van der Waals surface area contributed by atoms with Crippen LogP contribution in [0, 0.1) is 0 Å². The summed E-state index contributed by atoms with van der Waals surface area (Å²) in [5.41, 5.74) is 0.635. The number of imide groups is 1.